The van der Waals surface area contributed by atoms with Crippen LogP contribution in [-0.4, -0.2) is 5.91 Å². The molecule has 0 saturated heterocycles. The average Bonchev–Trinajstić information content (AvgIpc) is 2.78. The Morgan fingerprint density at radius 1 is 1.22 bits per heavy atom. The molecule has 0 aliphatic rings. The van der Waals surface area contributed by atoms with Crippen LogP contribution in [0.15, 0.2) is 40.8 Å². The molecule has 0 aliphatic heterocycles. The van der Waals surface area contributed by atoms with Gasteiger partial charge >= 0.3 is 0 Å². The first-order valence-electron chi connectivity index (χ1n) is 5.09. The van der Waals surface area contributed by atoms with E-state index in [0.717, 1.165) is 0 Å². The minimum atomic E-state index is -0.534. The Morgan fingerprint density at radius 2 is 2.00 bits per heavy atom. The van der Waals surface area contributed by atoms with Crippen LogP contribution < -0.4 is 5.73 Å². The highest BCUT2D eigenvalue weighted by atomic mass is 35.5. The van der Waals surface area contributed by atoms with Crippen molar-refractivity contribution >= 4 is 35.2 Å². The van der Waals surface area contributed by atoms with Gasteiger partial charge in [0.2, 0.25) is 5.91 Å². The fourth-order valence-corrected chi connectivity index (χ4v) is 1.82. The van der Waals surface area contributed by atoms with Crippen LogP contribution in [0.2, 0.25) is 10.0 Å². The molecule has 0 fully saturated rings. The predicted molar refractivity (Wildman–Crippen MR) is 72.4 cm³/mol. The van der Waals surface area contributed by atoms with E-state index in [0.29, 0.717) is 27.1 Å². The quantitative estimate of drug-likeness (QED) is 0.871. The van der Waals surface area contributed by atoms with E-state index in [1.807, 2.05) is 0 Å². The van der Waals surface area contributed by atoms with Crippen molar-refractivity contribution in [3.63, 3.8) is 0 Å². The fourth-order valence-electron chi connectivity index (χ4n) is 1.44. The molecule has 0 unspecified atom stereocenters. The lowest BCUT2D eigenvalue weighted by Crippen LogP contribution is -2.04. The number of amides is 1. The third-order valence-corrected chi connectivity index (χ3v) is 2.80. The van der Waals surface area contributed by atoms with Gasteiger partial charge in [0.05, 0.1) is 5.02 Å². The monoisotopic (exact) mass is 281 g/mol. The minimum Gasteiger partial charge on any atom is -0.457 e. The molecule has 1 aromatic heterocycles. The number of hydrogen-bond acceptors (Lipinski definition) is 2. The summed E-state index contributed by atoms with van der Waals surface area (Å²) in [5, 5.41) is 1.11. The van der Waals surface area contributed by atoms with Crippen LogP contribution in [0.4, 0.5) is 0 Å². The van der Waals surface area contributed by atoms with E-state index in [4.69, 9.17) is 33.4 Å². The highest BCUT2D eigenvalue weighted by Crippen LogP contribution is 2.31. The van der Waals surface area contributed by atoms with Crippen molar-refractivity contribution in [1.82, 2.24) is 0 Å². The average molecular weight is 282 g/mol. The molecule has 0 saturated carbocycles. The second-order valence-electron chi connectivity index (χ2n) is 3.56. The van der Waals surface area contributed by atoms with Gasteiger partial charge in [0.25, 0.3) is 0 Å². The smallest absolute Gasteiger partial charge is 0.241 e. The lowest BCUT2D eigenvalue weighted by Gasteiger charge is -2.00. The van der Waals surface area contributed by atoms with Crippen molar-refractivity contribution in [2.75, 3.05) is 0 Å². The molecule has 1 amide bonds. The van der Waals surface area contributed by atoms with Crippen LogP contribution in [0, 0.1) is 0 Å². The summed E-state index contributed by atoms with van der Waals surface area (Å²) in [5.41, 5.74) is 5.69. The van der Waals surface area contributed by atoms with Crippen LogP contribution in [0.1, 0.15) is 5.76 Å². The molecule has 5 heteroatoms. The molecule has 0 aliphatic carbocycles. The normalized spacial score (nSPS) is 11.0. The third-order valence-electron chi connectivity index (χ3n) is 2.23. The van der Waals surface area contributed by atoms with Crippen molar-refractivity contribution in [2.24, 2.45) is 5.73 Å². The highest BCUT2D eigenvalue weighted by molar-refractivity contribution is 6.35. The number of primary amides is 1. The number of carbonyl (C=O) groups is 1. The van der Waals surface area contributed by atoms with Gasteiger partial charge in [0.1, 0.15) is 11.5 Å². The number of benzene rings is 1. The molecular formula is C13H9Cl2NO2. The summed E-state index contributed by atoms with van der Waals surface area (Å²) in [6.45, 7) is 0. The van der Waals surface area contributed by atoms with Gasteiger partial charge in [-0.1, -0.05) is 23.2 Å². The maximum absolute atomic E-state index is 10.6. The first kappa shape index (κ1) is 12.7. The van der Waals surface area contributed by atoms with E-state index >= 15 is 0 Å². The molecule has 0 radical (unpaired) electrons. The van der Waals surface area contributed by atoms with Gasteiger partial charge in [0, 0.05) is 16.7 Å². The summed E-state index contributed by atoms with van der Waals surface area (Å²) in [5.74, 6) is 0.556. The first-order valence-corrected chi connectivity index (χ1v) is 5.84. The Kier molecular flexibility index (Phi) is 3.75. The Hall–Kier alpha value is -1.71. The molecule has 3 nitrogen and oxygen atoms in total. The number of carbonyl (C=O) groups excluding carboxylic acids is 1. The summed E-state index contributed by atoms with van der Waals surface area (Å²) in [7, 11) is 0. The van der Waals surface area contributed by atoms with Crippen LogP contribution in [0.3, 0.4) is 0 Å². The van der Waals surface area contributed by atoms with Crippen LogP contribution in [0.5, 0.6) is 0 Å². The standard InChI is InChI=1S/C13H9Cl2NO2/c14-8-1-4-11(15)10(7-8)12-5-2-9(18-12)3-6-13(16)17/h1-7H,(H2,16,17). The Bertz CT molecular complexity index is 617. The van der Waals surface area contributed by atoms with Gasteiger partial charge in [-0.25, -0.2) is 0 Å². The lowest BCUT2D eigenvalue weighted by molar-refractivity contribution is -0.113. The number of hydrogen-bond donors (Lipinski definition) is 1. The van der Waals surface area contributed by atoms with E-state index in [1.165, 1.54) is 12.2 Å². The maximum Gasteiger partial charge on any atom is 0.241 e. The minimum absolute atomic E-state index is 0.514. The fraction of sp³-hybridized carbons (Fsp3) is 0. The van der Waals surface area contributed by atoms with Crippen LogP contribution in [0.25, 0.3) is 17.4 Å². The molecule has 92 valence electrons. The van der Waals surface area contributed by atoms with Gasteiger partial charge in [0.15, 0.2) is 0 Å². The molecule has 0 atom stereocenters. The Labute approximate surface area is 114 Å². The Balaban J connectivity index is 2.35. The van der Waals surface area contributed by atoms with Crippen molar-refractivity contribution in [2.45, 2.75) is 0 Å². The Morgan fingerprint density at radius 3 is 2.72 bits per heavy atom. The highest BCUT2D eigenvalue weighted by Gasteiger charge is 2.08. The first-order chi connectivity index (χ1) is 8.56. The van der Waals surface area contributed by atoms with Crippen LogP contribution >= 0.6 is 23.2 Å². The van der Waals surface area contributed by atoms with E-state index in [-0.39, 0.29) is 0 Å². The second kappa shape index (κ2) is 5.29. The SMILES string of the molecule is NC(=O)C=Cc1ccc(-c2cc(Cl)ccc2Cl)o1. The van der Waals surface area contributed by atoms with E-state index < -0.39 is 5.91 Å². The predicted octanol–water partition coefficient (Wildman–Crippen LogP) is 3.75. The van der Waals surface area contributed by atoms with E-state index in [1.54, 1.807) is 30.3 Å². The maximum atomic E-state index is 10.6. The topological polar surface area (TPSA) is 56.2 Å². The third kappa shape index (κ3) is 2.94. The van der Waals surface area contributed by atoms with Gasteiger partial charge in [-0.15, -0.1) is 0 Å². The summed E-state index contributed by atoms with van der Waals surface area (Å²) in [6, 6.07) is 8.57. The zero-order chi connectivity index (χ0) is 13.1. The summed E-state index contributed by atoms with van der Waals surface area (Å²) >= 11 is 12.0. The largest absolute Gasteiger partial charge is 0.457 e. The number of furan rings is 1. The zero-order valence-electron chi connectivity index (χ0n) is 9.19. The van der Waals surface area contributed by atoms with Gasteiger partial charge in [-0.05, 0) is 36.4 Å². The molecular weight excluding hydrogens is 273 g/mol. The summed E-state index contributed by atoms with van der Waals surface area (Å²) < 4.78 is 5.52. The number of nitrogens with two attached hydrogens (primary N) is 1. The van der Waals surface area contributed by atoms with Crippen molar-refractivity contribution in [3.8, 4) is 11.3 Å². The molecule has 0 bridgehead atoms. The van der Waals surface area contributed by atoms with Gasteiger partial charge < -0.3 is 10.2 Å². The summed E-state index contributed by atoms with van der Waals surface area (Å²) in [4.78, 5) is 10.6. The summed E-state index contributed by atoms with van der Waals surface area (Å²) in [6.07, 6.45) is 2.71. The molecule has 0 spiro atoms. The number of halogens is 2. The zero-order valence-corrected chi connectivity index (χ0v) is 10.7. The van der Waals surface area contributed by atoms with E-state index in [2.05, 4.69) is 0 Å². The number of rotatable bonds is 3. The van der Waals surface area contributed by atoms with Gasteiger partial charge in [-0.2, -0.15) is 0 Å². The van der Waals surface area contributed by atoms with Crippen molar-refractivity contribution in [3.05, 3.63) is 52.2 Å². The molecule has 18 heavy (non-hydrogen) atoms. The van der Waals surface area contributed by atoms with Gasteiger partial charge in [-0.3, -0.25) is 4.79 Å². The lowest BCUT2D eigenvalue weighted by atomic mass is 10.2. The van der Waals surface area contributed by atoms with Crippen molar-refractivity contribution < 1.29 is 9.21 Å². The molecule has 1 aromatic carbocycles. The molecule has 1 heterocycles. The van der Waals surface area contributed by atoms with Crippen LogP contribution in [-0.2, 0) is 4.79 Å². The molecule has 2 aromatic rings. The second-order valence-corrected chi connectivity index (χ2v) is 4.41. The molecule has 2 N–H and O–H groups in total. The van der Waals surface area contributed by atoms with E-state index in [9.17, 15) is 4.79 Å². The molecule has 2 rings (SSSR count). The van der Waals surface area contributed by atoms with Crippen molar-refractivity contribution in [1.29, 1.82) is 0 Å².